The molecule has 2 aromatic carbocycles. The van der Waals surface area contributed by atoms with E-state index in [0.717, 1.165) is 17.0 Å². The maximum atomic E-state index is 12.8. The molecule has 0 saturated carbocycles. The number of benzene rings is 2. The lowest BCUT2D eigenvalue weighted by molar-refractivity contribution is -0.137. The van der Waals surface area contributed by atoms with Crippen LogP contribution in [0.25, 0.3) is 0 Å². The van der Waals surface area contributed by atoms with E-state index < -0.39 is 29.6 Å². The number of rotatable bonds is 5. The van der Waals surface area contributed by atoms with Gasteiger partial charge in [0.2, 0.25) is 11.8 Å². The monoisotopic (exact) mass is 405 g/mol. The summed E-state index contributed by atoms with van der Waals surface area (Å²) in [5.41, 5.74) is 0.474. The van der Waals surface area contributed by atoms with Gasteiger partial charge in [0, 0.05) is 19.2 Å². The zero-order valence-corrected chi connectivity index (χ0v) is 15.4. The summed E-state index contributed by atoms with van der Waals surface area (Å²) in [6, 6.07) is 10.2. The molecule has 1 fully saturated rings. The second-order valence-corrected chi connectivity index (χ2v) is 6.63. The first-order chi connectivity index (χ1) is 13.6. The number of hydrogen-bond acceptors (Lipinski definition) is 4. The van der Waals surface area contributed by atoms with Crippen LogP contribution in [-0.2, 0) is 27.1 Å². The number of anilines is 2. The van der Waals surface area contributed by atoms with Crippen molar-refractivity contribution in [2.75, 3.05) is 10.2 Å². The molecule has 3 amide bonds. The summed E-state index contributed by atoms with van der Waals surface area (Å²) in [5.74, 6) is -1.14. The molecule has 1 heterocycles. The molecule has 2 N–H and O–H groups in total. The number of nitrogens with one attached hydrogen (secondary N) is 2. The molecule has 0 aliphatic carbocycles. The third-order valence-electron chi connectivity index (χ3n) is 4.40. The lowest BCUT2D eigenvalue weighted by Gasteiger charge is -2.16. The van der Waals surface area contributed by atoms with E-state index in [1.54, 1.807) is 12.1 Å². The molecule has 1 aliphatic rings. The number of amides is 3. The number of carbonyl (C=O) groups is 3. The van der Waals surface area contributed by atoms with Gasteiger partial charge >= 0.3 is 6.18 Å². The van der Waals surface area contributed by atoms with Crippen molar-refractivity contribution in [2.45, 2.75) is 32.1 Å². The third-order valence-corrected chi connectivity index (χ3v) is 4.40. The van der Waals surface area contributed by atoms with Crippen molar-refractivity contribution in [3.05, 3.63) is 59.7 Å². The molecule has 0 radical (unpaired) electrons. The summed E-state index contributed by atoms with van der Waals surface area (Å²) in [6.45, 7) is 1.38. The fourth-order valence-corrected chi connectivity index (χ4v) is 3.06. The van der Waals surface area contributed by atoms with Crippen LogP contribution in [-0.4, -0.2) is 23.8 Å². The fourth-order valence-electron chi connectivity index (χ4n) is 3.06. The summed E-state index contributed by atoms with van der Waals surface area (Å²) >= 11 is 0. The van der Waals surface area contributed by atoms with E-state index in [0.29, 0.717) is 16.9 Å². The molecule has 0 bridgehead atoms. The second-order valence-electron chi connectivity index (χ2n) is 6.63. The smallest absolute Gasteiger partial charge is 0.326 e. The average molecular weight is 405 g/mol. The molecule has 3 rings (SSSR count). The molecule has 2 aromatic rings. The maximum Gasteiger partial charge on any atom is 0.416 e. The Morgan fingerprint density at radius 1 is 1.14 bits per heavy atom. The number of halogens is 3. The highest BCUT2D eigenvalue weighted by Crippen LogP contribution is 2.30. The Morgan fingerprint density at radius 3 is 2.45 bits per heavy atom. The van der Waals surface area contributed by atoms with Gasteiger partial charge in [-0.15, -0.1) is 0 Å². The van der Waals surface area contributed by atoms with Gasteiger partial charge in [0.25, 0.3) is 5.91 Å². The highest BCUT2D eigenvalue weighted by Gasteiger charge is 2.39. The van der Waals surface area contributed by atoms with E-state index in [4.69, 9.17) is 0 Å². The Morgan fingerprint density at radius 2 is 1.83 bits per heavy atom. The molecule has 0 spiro atoms. The predicted octanol–water partition coefficient (Wildman–Crippen LogP) is 3.09. The van der Waals surface area contributed by atoms with Crippen LogP contribution in [0.1, 0.15) is 24.5 Å². The van der Waals surface area contributed by atoms with E-state index in [1.165, 1.54) is 31.2 Å². The van der Waals surface area contributed by atoms with Crippen LogP contribution in [0.4, 0.5) is 24.5 Å². The van der Waals surface area contributed by atoms with Crippen LogP contribution in [0.2, 0.25) is 0 Å². The van der Waals surface area contributed by atoms with Crippen molar-refractivity contribution >= 4 is 29.1 Å². The molecule has 152 valence electrons. The number of nitrogens with zero attached hydrogens (tertiary/aromatic N) is 1. The second kappa shape index (κ2) is 8.04. The van der Waals surface area contributed by atoms with Crippen molar-refractivity contribution in [1.82, 2.24) is 5.32 Å². The molecule has 1 atom stereocenters. The third kappa shape index (κ3) is 4.80. The summed E-state index contributed by atoms with van der Waals surface area (Å²) in [5, 5.41) is 5.45. The van der Waals surface area contributed by atoms with Gasteiger partial charge in [-0.05, 0) is 35.9 Å². The van der Waals surface area contributed by atoms with Gasteiger partial charge in [0.15, 0.2) is 0 Å². The molecule has 1 aliphatic heterocycles. The van der Waals surface area contributed by atoms with Gasteiger partial charge in [0.1, 0.15) is 0 Å². The van der Waals surface area contributed by atoms with Crippen LogP contribution < -0.4 is 15.5 Å². The van der Waals surface area contributed by atoms with Crippen LogP contribution >= 0.6 is 0 Å². The van der Waals surface area contributed by atoms with Gasteiger partial charge in [-0.25, -0.2) is 4.90 Å². The van der Waals surface area contributed by atoms with Crippen molar-refractivity contribution in [3.8, 4) is 0 Å². The first-order valence-electron chi connectivity index (χ1n) is 8.79. The number of carbonyl (C=O) groups excluding carboxylic acids is 3. The molecule has 6 nitrogen and oxygen atoms in total. The Hall–Kier alpha value is -3.20. The predicted molar refractivity (Wildman–Crippen MR) is 99.9 cm³/mol. The molecule has 9 heteroatoms. The van der Waals surface area contributed by atoms with E-state index in [1.807, 2.05) is 0 Å². The standard InChI is InChI=1S/C20H18F3N3O3/c1-12(27)25-15-5-7-16(8-6-15)26-18(28)10-17(19(26)29)24-11-13-3-2-4-14(9-13)20(21,22)23/h2-9,17,24H,10-11H2,1H3,(H,25,27). The van der Waals surface area contributed by atoms with Crippen molar-refractivity contribution in [3.63, 3.8) is 0 Å². The summed E-state index contributed by atoms with van der Waals surface area (Å²) in [4.78, 5) is 37.0. The van der Waals surface area contributed by atoms with Crippen LogP contribution in [0.3, 0.4) is 0 Å². The number of hydrogen-bond donors (Lipinski definition) is 2. The van der Waals surface area contributed by atoms with Crippen molar-refractivity contribution in [2.24, 2.45) is 0 Å². The van der Waals surface area contributed by atoms with Gasteiger partial charge in [-0.3, -0.25) is 14.4 Å². The normalized spacial score (nSPS) is 17.0. The van der Waals surface area contributed by atoms with Crippen molar-refractivity contribution < 1.29 is 27.6 Å². The minimum absolute atomic E-state index is 0.0168. The molecule has 29 heavy (non-hydrogen) atoms. The van der Waals surface area contributed by atoms with Crippen molar-refractivity contribution in [1.29, 1.82) is 0 Å². The molecule has 1 unspecified atom stereocenters. The highest BCUT2D eigenvalue weighted by atomic mass is 19.4. The maximum absolute atomic E-state index is 12.8. The summed E-state index contributed by atoms with van der Waals surface area (Å²) in [7, 11) is 0. The Labute approximate surface area is 164 Å². The molecular formula is C20H18F3N3O3. The first kappa shape index (κ1) is 20.5. The summed E-state index contributed by atoms with van der Waals surface area (Å²) < 4.78 is 38.4. The van der Waals surface area contributed by atoms with Crippen LogP contribution in [0.15, 0.2) is 48.5 Å². The molecule has 1 saturated heterocycles. The lowest BCUT2D eigenvalue weighted by Crippen LogP contribution is -2.38. The number of imide groups is 1. The highest BCUT2D eigenvalue weighted by molar-refractivity contribution is 6.22. The van der Waals surface area contributed by atoms with E-state index in [9.17, 15) is 27.6 Å². The van der Waals surface area contributed by atoms with Gasteiger partial charge in [-0.2, -0.15) is 13.2 Å². The van der Waals surface area contributed by atoms with E-state index in [-0.39, 0.29) is 18.9 Å². The molecule has 0 aromatic heterocycles. The Balaban J connectivity index is 1.67. The minimum atomic E-state index is -4.45. The van der Waals surface area contributed by atoms with Gasteiger partial charge in [-0.1, -0.05) is 18.2 Å². The van der Waals surface area contributed by atoms with Gasteiger partial charge < -0.3 is 10.6 Å². The molecular weight excluding hydrogens is 387 g/mol. The van der Waals surface area contributed by atoms with E-state index >= 15 is 0 Å². The Kier molecular flexibility index (Phi) is 5.69. The fraction of sp³-hybridized carbons (Fsp3) is 0.250. The quantitative estimate of drug-likeness (QED) is 0.750. The zero-order chi connectivity index (χ0) is 21.2. The van der Waals surface area contributed by atoms with Crippen LogP contribution in [0, 0.1) is 0 Å². The topological polar surface area (TPSA) is 78.5 Å². The average Bonchev–Trinajstić information content (AvgIpc) is 2.93. The minimum Gasteiger partial charge on any atom is -0.326 e. The summed E-state index contributed by atoms with van der Waals surface area (Å²) in [6.07, 6.45) is -4.54. The number of alkyl halides is 3. The zero-order valence-electron chi connectivity index (χ0n) is 15.4. The lowest BCUT2D eigenvalue weighted by atomic mass is 10.1. The van der Waals surface area contributed by atoms with Crippen LogP contribution in [0.5, 0.6) is 0 Å². The SMILES string of the molecule is CC(=O)Nc1ccc(N2C(=O)CC(NCc3cccc(C(F)(F)F)c3)C2=O)cc1. The van der Waals surface area contributed by atoms with Gasteiger partial charge in [0.05, 0.1) is 23.7 Å². The van der Waals surface area contributed by atoms with E-state index in [2.05, 4.69) is 10.6 Å². The largest absolute Gasteiger partial charge is 0.416 e. The Bertz CT molecular complexity index is 942. The first-order valence-corrected chi connectivity index (χ1v) is 8.79.